The van der Waals surface area contributed by atoms with Crippen LogP contribution in [0.1, 0.15) is 0 Å². The van der Waals surface area contributed by atoms with E-state index in [4.69, 9.17) is 14.4 Å². The van der Waals surface area contributed by atoms with Crippen LogP contribution in [0.25, 0.3) is 94.5 Å². The van der Waals surface area contributed by atoms with Crippen molar-refractivity contribution in [1.29, 1.82) is 0 Å². The summed E-state index contributed by atoms with van der Waals surface area (Å²) in [5.74, 6) is 0.666. The summed E-state index contributed by atoms with van der Waals surface area (Å²) in [5.41, 5.74) is 13.2. The van der Waals surface area contributed by atoms with Crippen molar-refractivity contribution in [2.75, 3.05) is 0 Å². The van der Waals surface area contributed by atoms with Gasteiger partial charge in [0.15, 0.2) is 11.4 Å². The van der Waals surface area contributed by atoms with Crippen LogP contribution in [0.3, 0.4) is 0 Å². The first-order valence-electron chi connectivity index (χ1n) is 16.8. The van der Waals surface area contributed by atoms with E-state index in [1.807, 2.05) is 36.4 Å². The number of furan rings is 1. The molecule has 0 fully saturated rings. The lowest BCUT2D eigenvalue weighted by atomic mass is 9.99. The third kappa shape index (κ3) is 4.61. The van der Waals surface area contributed by atoms with E-state index in [0.29, 0.717) is 11.4 Å². The van der Waals surface area contributed by atoms with Crippen LogP contribution in [-0.4, -0.2) is 14.5 Å². The van der Waals surface area contributed by atoms with Crippen LogP contribution >= 0.6 is 0 Å². The number of hydrogen-bond acceptors (Lipinski definition) is 3. The summed E-state index contributed by atoms with van der Waals surface area (Å²) >= 11 is 0. The molecule has 0 saturated heterocycles. The van der Waals surface area contributed by atoms with E-state index >= 15 is 0 Å². The highest BCUT2D eigenvalue weighted by molar-refractivity contribution is 6.12. The van der Waals surface area contributed by atoms with Crippen molar-refractivity contribution in [1.82, 2.24) is 14.5 Å². The van der Waals surface area contributed by atoms with Crippen LogP contribution in [0.4, 0.5) is 0 Å². The Morgan fingerprint density at radius 1 is 0.400 bits per heavy atom. The van der Waals surface area contributed by atoms with Crippen LogP contribution < -0.4 is 0 Å². The molecule has 50 heavy (non-hydrogen) atoms. The van der Waals surface area contributed by atoms with Gasteiger partial charge in [0.1, 0.15) is 16.8 Å². The van der Waals surface area contributed by atoms with Crippen LogP contribution in [0.2, 0.25) is 0 Å². The van der Waals surface area contributed by atoms with Crippen molar-refractivity contribution in [2.24, 2.45) is 0 Å². The maximum Gasteiger partial charge on any atom is 0.180 e. The minimum Gasteiger partial charge on any atom is -0.452 e. The number of hydrogen-bond donors (Lipinski definition) is 0. The summed E-state index contributed by atoms with van der Waals surface area (Å²) in [6, 6.07) is 61.6. The molecule has 0 spiro atoms. The molecule has 7 aromatic carbocycles. The maximum atomic E-state index is 6.34. The number of benzene rings is 7. The van der Waals surface area contributed by atoms with E-state index in [0.717, 1.165) is 50.1 Å². The van der Waals surface area contributed by atoms with E-state index < -0.39 is 0 Å². The molecule has 0 amide bonds. The number of aromatic nitrogens is 3. The van der Waals surface area contributed by atoms with Crippen molar-refractivity contribution in [3.63, 3.8) is 0 Å². The molecule has 0 saturated carbocycles. The molecule has 10 rings (SSSR count). The zero-order valence-corrected chi connectivity index (χ0v) is 27.0. The average Bonchev–Trinajstić information content (AvgIpc) is 3.74. The van der Waals surface area contributed by atoms with Gasteiger partial charge in [-0.25, -0.2) is 9.97 Å². The minimum absolute atomic E-state index is 0.666. The van der Waals surface area contributed by atoms with Crippen LogP contribution in [0.5, 0.6) is 0 Å². The van der Waals surface area contributed by atoms with Crippen molar-refractivity contribution in [2.45, 2.75) is 0 Å². The van der Waals surface area contributed by atoms with E-state index in [1.165, 1.54) is 32.9 Å². The third-order valence-electron chi connectivity index (χ3n) is 9.61. The Morgan fingerprint density at radius 3 is 1.68 bits per heavy atom. The zero-order valence-electron chi connectivity index (χ0n) is 27.0. The summed E-state index contributed by atoms with van der Waals surface area (Å²) in [4.78, 5) is 10.2. The molecule has 0 unspecified atom stereocenters. The average molecular weight is 640 g/mol. The lowest BCUT2D eigenvalue weighted by molar-refractivity contribution is 0.667. The quantitative estimate of drug-likeness (QED) is 0.188. The van der Waals surface area contributed by atoms with Crippen LogP contribution in [0, 0.1) is 0 Å². The molecule has 0 atom stereocenters. The van der Waals surface area contributed by atoms with Crippen LogP contribution in [0.15, 0.2) is 180 Å². The fourth-order valence-electron chi connectivity index (χ4n) is 7.22. The molecule has 10 aromatic rings. The first kappa shape index (κ1) is 28.3. The smallest absolute Gasteiger partial charge is 0.180 e. The van der Waals surface area contributed by atoms with Crippen molar-refractivity contribution >= 4 is 43.9 Å². The van der Waals surface area contributed by atoms with Gasteiger partial charge in [0, 0.05) is 33.0 Å². The second kappa shape index (κ2) is 11.4. The Balaban J connectivity index is 1.15. The second-order valence-electron chi connectivity index (χ2n) is 12.6. The molecule has 0 aliphatic carbocycles. The number of nitrogens with zero attached hydrogens (tertiary/aromatic N) is 3. The predicted molar refractivity (Wildman–Crippen MR) is 205 cm³/mol. The summed E-state index contributed by atoms with van der Waals surface area (Å²) in [7, 11) is 0. The van der Waals surface area contributed by atoms with Gasteiger partial charge in [0.05, 0.1) is 11.0 Å². The lowest BCUT2D eigenvalue weighted by Crippen LogP contribution is -1.94. The standard InChI is InChI=1S/C46H29N3O/c1-4-13-30(14-5-1)33-23-25-40-38(28-33)39-29-34(24-26-41(39)49(40)36-19-8-3-9-20-36)32-17-12-18-35(27-32)46-47-43(31-15-6-2-7-16-31)45-44(48-46)37-21-10-11-22-42(37)50-45/h1-29H. The molecular weight excluding hydrogens is 611 g/mol. The molecule has 0 N–H and O–H groups in total. The summed E-state index contributed by atoms with van der Waals surface area (Å²) in [5, 5.41) is 3.41. The first-order chi connectivity index (χ1) is 24.8. The van der Waals surface area contributed by atoms with Gasteiger partial charge in [-0.05, 0) is 76.9 Å². The van der Waals surface area contributed by atoms with Gasteiger partial charge >= 0.3 is 0 Å². The largest absolute Gasteiger partial charge is 0.452 e. The molecule has 3 heterocycles. The highest BCUT2D eigenvalue weighted by atomic mass is 16.3. The van der Waals surface area contributed by atoms with Crippen molar-refractivity contribution < 1.29 is 4.42 Å². The Bertz CT molecular complexity index is 2850. The summed E-state index contributed by atoms with van der Waals surface area (Å²) in [6.07, 6.45) is 0. The molecule has 0 aliphatic rings. The topological polar surface area (TPSA) is 43.9 Å². The Hall–Kier alpha value is -6.78. The highest BCUT2D eigenvalue weighted by Gasteiger charge is 2.19. The lowest BCUT2D eigenvalue weighted by Gasteiger charge is -2.09. The molecule has 4 nitrogen and oxygen atoms in total. The molecule has 4 heteroatoms. The molecule has 0 radical (unpaired) electrons. The SMILES string of the molecule is c1ccc(-c2ccc3c(c2)c2cc(-c4cccc(-c5nc(-c6ccccc6)c6oc7ccccc7c6n5)c4)ccc2n3-c2ccccc2)cc1. The predicted octanol–water partition coefficient (Wildman–Crippen LogP) is 12.1. The van der Waals surface area contributed by atoms with Gasteiger partial charge < -0.3 is 8.98 Å². The zero-order chi connectivity index (χ0) is 33.0. The molecular formula is C46H29N3O. The fourth-order valence-corrected chi connectivity index (χ4v) is 7.22. The first-order valence-corrected chi connectivity index (χ1v) is 16.8. The van der Waals surface area contributed by atoms with Crippen LogP contribution in [-0.2, 0) is 0 Å². The normalized spacial score (nSPS) is 11.6. The van der Waals surface area contributed by atoms with E-state index in [9.17, 15) is 0 Å². The molecule has 0 aliphatic heterocycles. The van der Waals surface area contributed by atoms with Gasteiger partial charge in [0.2, 0.25) is 0 Å². The van der Waals surface area contributed by atoms with Gasteiger partial charge in [-0.15, -0.1) is 0 Å². The van der Waals surface area contributed by atoms with Gasteiger partial charge in [-0.1, -0.05) is 121 Å². The number of rotatable bonds is 5. The molecule has 234 valence electrons. The Morgan fingerprint density at radius 2 is 0.960 bits per heavy atom. The Kier molecular flexibility index (Phi) is 6.46. The number of fused-ring (bicyclic) bond motifs is 6. The minimum atomic E-state index is 0.666. The van der Waals surface area contributed by atoms with Crippen molar-refractivity contribution in [3.05, 3.63) is 176 Å². The molecule has 3 aromatic heterocycles. The van der Waals surface area contributed by atoms with E-state index in [-0.39, 0.29) is 0 Å². The number of para-hydroxylation sites is 2. The van der Waals surface area contributed by atoms with E-state index in [1.54, 1.807) is 0 Å². The van der Waals surface area contributed by atoms with E-state index in [2.05, 4.69) is 144 Å². The highest BCUT2D eigenvalue weighted by Crippen LogP contribution is 2.39. The second-order valence-corrected chi connectivity index (χ2v) is 12.6. The summed E-state index contributed by atoms with van der Waals surface area (Å²) < 4.78 is 8.71. The van der Waals surface area contributed by atoms with Crippen molar-refractivity contribution in [3.8, 4) is 50.6 Å². The van der Waals surface area contributed by atoms with Gasteiger partial charge in [-0.3, -0.25) is 0 Å². The van der Waals surface area contributed by atoms with Gasteiger partial charge in [0.25, 0.3) is 0 Å². The summed E-state index contributed by atoms with van der Waals surface area (Å²) in [6.45, 7) is 0. The maximum absolute atomic E-state index is 6.34. The Labute approximate surface area is 288 Å². The monoisotopic (exact) mass is 639 g/mol. The fraction of sp³-hybridized carbons (Fsp3) is 0. The third-order valence-corrected chi connectivity index (χ3v) is 9.61. The van der Waals surface area contributed by atoms with Gasteiger partial charge in [-0.2, -0.15) is 0 Å². The molecule has 0 bridgehead atoms.